The summed E-state index contributed by atoms with van der Waals surface area (Å²) in [6, 6.07) is 1.99. The van der Waals surface area contributed by atoms with Crippen molar-refractivity contribution in [3.8, 4) is 5.75 Å². The molecule has 0 amide bonds. The highest BCUT2D eigenvalue weighted by atomic mass is 79.9. The highest BCUT2D eigenvalue weighted by molar-refractivity contribution is 9.10. The van der Waals surface area contributed by atoms with E-state index in [1.54, 1.807) is 13.0 Å². The SMILES string of the molecule is Cc1cc(Br)cc([C@H](N)C(=O)O)c1O. The number of aryl methyl sites for hydroxylation is 1. The highest BCUT2D eigenvalue weighted by Gasteiger charge is 2.19. The van der Waals surface area contributed by atoms with Crippen LogP contribution in [0.25, 0.3) is 0 Å². The molecule has 0 aliphatic carbocycles. The lowest BCUT2D eigenvalue weighted by molar-refractivity contribution is -0.138. The quantitative estimate of drug-likeness (QED) is 0.753. The van der Waals surface area contributed by atoms with Gasteiger partial charge in [-0.05, 0) is 24.6 Å². The number of halogens is 1. The van der Waals surface area contributed by atoms with E-state index in [1.807, 2.05) is 0 Å². The Kier molecular flexibility index (Phi) is 3.13. The summed E-state index contributed by atoms with van der Waals surface area (Å²) in [7, 11) is 0. The van der Waals surface area contributed by atoms with Crippen molar-refractivity contribution in [2.24, 2.45) is 5.73 Å². The third kappa shape index (κ3) is 2.05. The lowest BCUT2D eigenvalue weighted by atomic mass is 10.0. The van der Waals surface area contributed by atoms with Crippen LogP contribution in [-0.4, -0.2) is 16.2 Å². The van der Waals surface area contributed by atoms with Crippen molar-refractivity contribution in [1.82, 2.24) is 0 Å². The van der Waals surface area contributed by atoms with Crippen LogP contribution >= 0.6 is 15.9 Å². The van der Waals surface area contributed by atoms with E-state index in [1.165, 1.54) is 6.07 Å². The first-order valence-electron chi connectivity index (χ1n) is 3.91. The number of nitrogens with two attached hydrogens (primary N) is 1. The van der Waals surface area contributed by atoms with Crippen LogP contribution in [0.2, 0.25) is 0 Å². The summed E-state index contributed by atoms with van der Waals surface area (Å²) in [5, 5.41) is 18.3. The van der Waals surface area contributed by atoms with Gasteiger partial charge < -0.3 is 15.9 Å². The van der Waals surface area contributed by atoms with Gasteiger partial charge in [0.05, 0.1) is 0 Å². The Hall–Kier alpha value is -1.07. The van der Waals surface area contributed by atoms with E-state index in [-0.39, 0.29) is 11.3 Å². The molecule has 0 saturated heterocycles. The molecule has 0 spiro atoms. The highest BCUT2D eigenvalue weighted by Crippen LogP contribution is 2.30. The number of hydrogen-bond donors (Lipinski definition) is 3. The van der Waals surface area contributed by atoms with Crippen molar-refractivity contribution in [1.29, 1.82) is 0 Å². The molecule has 0 heterocycles. The van der Waals surface area contributed by atoms with Crippen LogP contribution in [0.15, 0.2) is 16.6 Å². The van der Waals surface area contributed by atoms with Crippen LogP contribution in [0.3, 0.4) is 0 Å². The van der Waals surface area contributed by atoms with Gasteiger partial charge in [0.2, 0.25) is 0 Å². The minimum atomic E-state index is -1.20. The Morgan fingerprint density at radius 2 is 2.14 bits per heavy atom. The second kappa shape index (κ2) is 3.98. The van der Waals surface area contributed by atoms with Crippen LogP contribution < -0.4 is 5.73 Å². The van der Waals surface area contributed by atoms with Crippen molar-refractivity contribution in [3.05, 3.63) is 27.7 Å². The molecular formula is C9H10BrNO3. The van der Waals surface area contributed by atoms with Gasteiger partial charge in [-0.1, -0.05) is 15.9 Å². The number of carbonyl (C=O) groups is 1. The van der Waals surface area contributed by atoms with Gasteiger partial charge in [-0.15, -0.1) is 0 Å². The Balaban J connectivity index is 3.26. The summed E-state index contributed by atoms with van der Waals surface area (Å²) in [6.07, 6.45) is 0. The van der Waals surface area contributed by atoms with Crippen molar-refractivity contribution in [3.63, 3.8) is 0 Å². The fourth-order valence-electron chi connectivity index (χ4n) is 1.13. The second-order valence-corrected chi connectivity index (χ2v) is 3.89. The molecule has 0 aliphatic rings. The molecule has 0 unspecified atom stereocenters. The summed E-state index contributed by atoms with van der Waals surface area (Å²) in [6.45, 7) is 1.68. The summed E-state index contributed by atoms with van der Waals surface area (Å²) < 4.78 is 0.694. The zero-order chi connectivity index (χ0) is 10.9. The summed E-state index contributed by atoms with van der Waals surface area (Å²) in [5.41, 5.74) is 6.20. The molecule has 4 nitrogen and oxygen atoms in total. The molecule has 0 bridgehead atoms. The molecule has 1 atom stereocenters. The van der Waals surface area contributed by atoms with Crippen molar-refractivity contribution >= 4 is 21.9 Å². The number of phenols is 1. The summed E-state index contributed by atoms with van der Waals surface area (Å²) in [5.74, 6) is -1.24. The van der Waals surface area contributed by atoms with Crippen LogP contribution in [0, 0.1) is 6.92 Å². The molecule has 4 N–H and O–H groups in total. The molecule has 0 aromatic heterocycles. The second-order valence-electron chi connectivity index (χ2n) is 2.98. The Bertz CT molecular complexity index is 379. The number of aliphatic carboxylic acids is 1. The molecule has 1 aromatic carbocycles. The first-order valence-corrected chi connectivity index (χ1v) is 4.70. The van der Waals surface area contributed by atoms with Gasteiger partial charge in [0.25, 0.3) is 0 Å². The smallest absolute Gasteiger partial charge is 0.325 e. The van der Waals surface area contributed by atoms with Gasteiger partial charge in [-0.25, -0.2) is 0 Å². The van der Waals surface area contributed by atoms with E-state index in [0.29, 0.717) is 10.0 Å². The lowest BCUT2D eigenvalue weighted by Crippen LogP contribution is -2.20. The lowest BCUT2D eigenvalue weighted by Gasteiger charge is -2.11. The van der Waals surface area contributed by atoms with E-state index < -0.39 is 12.0 Å². The van der Waals surface area contributed by atoms with Crippen molar-refractivity contribution in [2.45, 2.75) is 13.0 Å². The van der Waals surface area contributed by atoms with Gasteiger partial charge in [0.1, 0.15) is 11.8 Å². The Morgan fingerprint density at radius 3 is 2.64 bits per heavy atom. The van der Waals surface area contributed by atoms with Gasteiger partial charge >= 0.3 is 5.97 Å². The number of phenolic OH excluding ortho intramolecular Hbond substituents is 1. The minimum absolute atomic E-state index is 0.0666. The first-order chi connectivity index (χ1) is 6.43. The average molecular weight is 260 g/mol. The number of hydrogen-bond acceptors (Lipinski definition) is 3. The topological polar surface area (TPSA) is 83.6 Å². The zero-order valence-electron chi connectivity index (χ0n) is 7.49. The monoisotopic (exact) mass is 259 g/mol. The number of rotatable bonds is 2. The molecule has 5 heteroatoms. The maximum absolute atomic E-state index is 10.6. The average Bonchev–Trinajstić information content (AvgIpc) is 2.09. The van der Waals surface area contributed by atoms with Crippen molar-refractivity contribution in [2.75, 3.05) is 0 Å². The number of aromatic hydroxyl groups is 1. The van der Waals surface area contributed by atoms with Gasteiger partial charge in [-0.2, -0.15) is 0 Å². The predicted molar refractivity (Wildman–Crippen MR) is 55.1 cm³/mol. The molecule has 14 heavy (non-hydrogen) atoms. The largest absolute Gasteiger partial charge is 0.507 e. The van der Waals surface area contributed by atoms with Gasteiger partial charge in [-0.3, -0.25) is 4.79 Å². The van der Waals surface area contributed by atoms with E-state index in [2.05, 4.69) is 15.9 Å². The molecule has 0 aliphatic heterocycles. The first kappa shape index (κ1) is 11.0. The van der Waals surface area contributed by atoms with Crippen LogP contribution in [0.5, 0.6) is 5.75 Å². The van der Waals surface area contributed by atoms with Crippen molar-refractivity contribution < 1.29 is 15.0 Å². The molecule has 0 saturated carbocycles. The van der Waals surface area contributed by atoms with Crippen LogP contribution in [0.1, 0.15) is 17.2 Å². The van der Waals surface area contributed by atoms with Gasteiger partial charge in [0.15, 0.2) is 0 Å². The molecule has 1 rings (SSSR count). The zero-order valence-corrected chi connectivity index (χ0v) is 9.08. The van der Waals surface area contributed by atoms with Crippen LogP contribution in [0.4, 0.5) is 0 Å². The fourth-order valence-corrected chi connectivity index (χ4v) is 1.72. The number of benzene rings is 1. The third-order valence-electron chi connectivity index (χ3n) is 1.90. The molecule has 1 aromatic rings. The summed E-state index contributed by atoms with van der Waals surface area (Å²) >= 11 is 3.20. The maximum Gasteiger partial charge on any atom is 0.325 e. The summed E-state index contributed by atoms with van der Waals surface area (Å²) in [4.78, 5) is 10.6. The fraction of sp³-hybridized carbons (Fsp3) is 0.222. The third-order valence-corrected chi connectivity index (χ3v) is 2.35. The standard InChI is InChI=1S/C9H10BrNO3/c1-4-2-5(10)3-6(8(4)12)7(11)9(13)14/h2-3,7,12H,11H2,1H3,(H,13,14)/t7-/m0/s1. The molecule has 0 radical (unpaired) electrons. The normalized spacial score (nSPS) is 12.5. The Morgan fingerprint density at radius 1 is 1.57 bits per heavy atom. The predicted octanol–water partition coefficient (Wildman–Crippen LogP) is 1.55. The van der Waals surface area contributed by atoms with Gasteiger partial charge in [0, 0.05) is 10.0 Å². The van der Waals surface area contributed by atoms with E-state index in [0.717, 1.165) is 0 Å². The Labute approximate surface area is 89.5 Å². The number of carboxylic acids is 1. The van der Waals surface area contributed by atoms with E-state index in [9.17, 15) is 9.90 Å². The van der Waals surface area contributed by atoms with E-state index in [4.69, 9.17) is 10.8 Å². The molecule has 76 valence electrons. The van der Waals surface area contributed by atoms with Crippen LogP contribution in [-0.2, 0) is 4.79 Å². The number of carboxylic acid groups (broad SMARTS) is 1. The molecule has 0 fully saturated rings. The molecular weight excluding hydrogens is 250 g/mol. The van der Waals surface area contributed by atoms with E-state index >= 15 is 0 Å². The maximum atomic E-state index is 10.6. The minimum Gasteiger partial charge on any atom is -0.507 e.